The highest BCUT2D eigenvalue weighted by Crippen LogP contribution is 2.31. The number of aromatic carboxylic acids is 1. The molecule has 0 aliphatic carbocycles. The molecule has 0 fully saturated rings. The van der Waals surface area contributed by atoms with Gasteiger partial charge in [0.1, 0.15) is 17.8 Å². The van der Waals surface area contributed by atoms with Gasteiger partial charge < -0.3 is 14.6 Å². The van der Waals surface area contributed by atoms with E-state index in [1.807, 2.05) is 6.92 Å². The van der Waals surface area contributed by atoms with Crippen LogP contribution in [-0.4, -0.2) is 49.0 Å². The normalized spacial score (nSPS) is 12.0. The third kappa shape index (κ3) is 4.67. The summed E-state index contributed by atoms with van der Waals surface area (Å²) in [5.74, 6) is -1.36. The van der Waals surface area contributed by atoms with Crippen LogP contribution in [0.4, 0.5) is 8.78 Å². The summed E-state index contributed by atoms with van der Waals surface area (Å²) in [6, 6.07) is 5.62. The summed E-state index contributed by atoms with van der Waals surface area (Å²) >= 11 is 0. The van der Waals surface area contributed by atoms with Crippen molar-refractivity contribution < 1.29 is 28.2 Å². The Hall–Kier alpha value is -3.63. The molecule has 0 aliphatic heterocycles. The fraction of sp³-hybridized carbons (Fsp3) is 0.316. The van der Waals surface area contributed by atoms with Crippen molar-refractivity contribution in [3.05, 3.63) is 48.3 Å². The van der Waals surface area contributed by atoms with Gasteiger partial charge in [-0.25, -0.2) is 24.4 Å². The monoisotopic (exact) mass is 419 g/mol. The molecule has 2 heterocycles. The van der Waals surface area contributed by atoms with Gasteiger partial charge in [-0.2, -0.15) is 8.78 Å². The van der Waals surface area contributed by atoms with Crippen molar-refractivity contribution in [2.45, 2.75) is 32.9 Å². The minimum Gasteiger partial charge on any atom is -0.476 e. The van der Waals surface area contributed by atoms with Crippen LogP contribution in [-0.2, 0) is 0 Å². The number of benzene rings is 1. The average Bonchev–Trinajstić information content (AvgIpc) is 3.20. The highest BCUT2D eigenvalue weighted by atomic mass is 19.3. The lowest BCUT2D eigenvalue weighted by atomic mass is 10.1. The topological polar surface area (TPSA) is 112 Å². The number of aromatic nitrogens is 5. The number of hydrogen-bond acceptors (Lipinski definition) is 7. The van der Waals surface area contributed by atoms with E-state index in [1.54, 1.807) is 19.1 Å². The number of hydrogen-bond donors (Lipinski definition) is 1. The number of halogens is 2. The number of rotatable bonds is 9. The van der Waals surface area contributed by atoms with E-state index in [-0.39, 0.29) is 17.5 Å². The molecule has 0 amide bonds. The van der Waals surface area contributed by atoms with Crippen molar-refractivity contribution in [3.8, 4) is 22.9 Å². The predicted molar refractivity (Wildman–Crippen MR) is 101 cm³/mol. The van der Waals surface area contributed by atoms with Gasteiger partial charge in [-0.1, -0.05) is 19.1 Å². The molecule has 1 N–H and O–H groups in total. The smallest absolute Gasteiger partial charge is 0.387 e. The van der Waals surface area contributed by atoms with Gasteiger partial charge in [0, 0.05) is 5.56 Å². The van der Waals surface area contributed by atoms with Crippen LogP contribution < -0.4 is 9.47 Å². The quantitative estimate of drug-likeness (QED) is 0.561. The van der Waals surface area contributed by atoms with Crippen LogP contribution in [0.5, 0.6) is 11.6 Å². The minimum absolute atomic E-state index is 0.0217. The van der Waals surface area contributed by atoms with Crippen LogP contribution in [0, 0.1) is 0 Å². The van der Waals surface area contributed by atoms with Gasteiger partial charge in [-0.15, -0.1) is 5.10 Å². The summed E-state index contributed by atoms with van der Waals surface area (Å²) in [4.78, 5) is 23.8. The van der Waals surface area contributed by atoms with Crippen LogP contribution in [0.2, 0.25) is 0 Å². The largest absolute Gasteiger partial charge is 0.476 e. The number of nitrogens with zero attached hydrogens (tertiary/aromatic N) is 5. The molecule has 0 saturated carbocycles. The van der Waals surface area contributed by atoms with Crippen molar-refractivity contribution in [1.82, 2.24) is 24.7 Å². The number of alkyl halides is 2. The van der Waals surface area contributed by atoms with Crippen LogP contribution >= 0.6 is 0 Å². The van der Waals surface area contributed by atoms with E-state index in [0.29, 0.717) is 30.0 Å². The number of carboxylic acids is 1. The maximum atomic E-state index is 12.6. The molecule has 2 aromatic heterocycles. The molecule has 158 valence electrons. The Balaban J connectivity index is 2.04. The molecule has 9 nitrogen and oxygen atoms in total. The summed E-state index contributed by atoms with van der Waals surface area (Å²) in [5.41, 5.74) is 1.30. The van der Waals surface area contributed by atoms with Gasteiger partial charge in [-0.3, -0.25) is 0 Å². The molecule has 3 rings (SSSR count). The predicted octanol–water partition coefficient (Wildman–Crippen LogP) is 3.43. The van der Waals surface area contributed by atoms with E-state index in [1.165, 1.54) is 29.3 Å². The second kappa shape index (κ2) is 9.25. The Bertz CT molecular complexity index is 1030. The lowest BCUT2D eigenvalue weighted by Gasteiger charge is -2.17. The van der Waals surface area contributed by atoms with E-state index >= 15 is 0 Å². The molecule has 3 aromatic rings. The Morgan fingerprint density at radius 2 is 2.07 bits per heavy atom. The molecular formula is C19H19F2N5O4. The molecule has 0 saturated heterocycles. The van der Waals surface area contributed by atoms with Crippen LogP contribution in [0.25, 0.3) is 11.3 Å². The summed E-state index contributed by atoms with van der Waals surface area (Å²) in [6.45, 7) is 1.04. The Morgan fingerprint density at radius 3 is 2.70 bits per heavy atom. The zero-order valence-electron chi connectivity index (χ0n) is 16.2. The maximum Gasteiger partial charge on any atom is 0.387 e. The van der Waals surface area contributed by atoms with Crippen molar-refractivity contribution >= 4 is 5.97 Å². The van der Waals surface area contributed by atoms with E-state index in [0.717, 1.165) is 0 Å². The first kappa shape index (κ1) is 21.1. The lowest BCUT2D eigenvalue weighted by Crippen LogP contribution is -2.14. The molecule has 1 atom stereocenters. The van der Waals surface area contributed by atoms with Gasteiger partial charge >= 0.3 is 12.6 Å². The average molecular weight is 419 g/mol. The zero-order chi connectivity index (χ0) is 21.7. The van der Waals surface area contributed by atoms with E-state index in [9.17, 15) is 13.6 Å². The molecule has 0 spiro atoms. The molecule has 1 aromatic carbocycles. The van der Waals surface area contributed by atoms with Gasteiger partial charge in [-0.05, 0) is 25.5 Å². The fourth-order valence-corrected chi connectivity index (χ4v) is 2.86. The van der Waals surface area contributed by atoms with Crippen molar-refractivity contribution in [2.75, 3.05) is 6.61 Å². The molecular weight excluding hydrogens is 400 g/mol. The van der Waals surface area contributed by atoms with Gasteiger partial charge in [0.25, 0.3) is 5.82 Å². The highest BCUT2D eigenvalue weighted by molar-refractivity contribution is 5.82. The Labute approximate surface area is 170 Å². The first-order valence-corrected chi connectivity index (χ1v) is 9.12. The van der Waals surface area contributed by atoms with Gasteiger partial charge in [0.2, 0.25) is 5.88 Å². The first-order chi connectivity index (χ1) is 14.4. The van der Waals surface area contributed by atoms with Gasteiger partial charge in [0.05, 0.1) is 24.5 Å². The number of ether oxygens (including phenoxy) is 2. The third-order valence-electron chi connectivity index (χ3n) is 4.12. The van der Waals surface area contributed by atoms with Crippen LogP contribution in [0.1, 0.15) is 42.6 Å². The lowest BCUT2D eigenvalue weighted by molar-refractivity contribution is -0.0498. The fourth-order valence-electron chi connectivity index (χ4n) is 2.86. The second-order valence-corrected chi connectivity index (χ2v) is 6.07. The summed E-state index contributed by atoms with van der Waals surface area (Å²) in [6.07, 6.45) is 3.34. The summed E-state index contributed by atoms with van der Waals surface area (Å²) in [7, 11) is 0. The minimum atomic E-state index is -2.95. The standard InChI is InChI=1S/C19H19F2N5O4/c1-3-14(26-10-23-16(25-26)18(27)28)13-9-22-17(29-4-2)15(24-13)11-6-5-7-12(8-11)30-19(20)21/h5-10,14,19H,3-4H2,1-2H3,(H,27,28). The van der Waals surface area contributed by atoms with Crippen molar-refractivity contribution in [1.29, 1.82) is 0 Å². The van der Waals surface area contributed by atoms with E-state index < -0.39 is 18.6 Å². The SMILES string of the molecule is CCOc1ncc(C(CC)n2cnc(C(=O)O)n2)nc1-c1cccc(OC(F)F)c1. The Morgan fingerprint density at radius 1 is 1.27 bits per heavy atom. The Kier molecular flexibility index (Phi) is 6.50. The highest BCUT2D eigenvalue weighted by Gasteiger charge is 2.21. The summed E-state index contributed by atoms with van der Waals surface area (Å²) in [5, 5.41) is 13.0. The third-order valence-corrected chi connectivity index (χ3v) is 4.12. The summed E-state index contributed by atoms with van der Waals surface area (Å²) < 4.78 is 36.6. The number of carboxylic acid groups (broad SMARTS) is 1. The van der Waals surface area contributed by atoms with Crippen LogP contribution in [0.15, 0.2) is 36.8 Å². The first-order valence-electron chi connectivity index (χ1n) is 9.12. The second-order valence-electron chi connectivity index (χ2n) is 6.07. The maximum absolute atomic E-state index is 12.6. The molecule has 11 heteroatoms. The molecule has 30 heavy (non-hydrogen) atoms. The van der Waals surface area contributed by atoms with E-state index in [4.69, 9.17) is 9.84 Å². The molecule has 1 unspecified atom stereocenters. The van der Waals surface area contributed by atoms with Crippen molar-refractivity contribution in [2.24, 2.45) is 0 Å². The number of carbonyl (C=O) groups is 1. The van der Waals surface area contributed by atoms with Gasteiger partial charge in [0.15, 0.2) is 0 Å². The molecule has 0 radical (unpaired) electrons. The molecule has 0 bridgehead atoms. The molecule has 0 aliphatic rings. The van der Waals surface area contributed by atoms with Crippen LogP contribution in [0.3, 0.4) is 0 Å². The van der Waals surface area contributed by atoms with E-state index in [2.05, 4.69) is 24.8 Å². The van der Waals surface area contributed by atoms with Crippen molar-refractivity contribution in [3.63, 3.8) is 0 Å². The zero-order valence-corrected chi connectivity index (χ0v) is 16.2.